The van der Waals surface area contributed by atoms with Crippen molar-refractivity contribution in [3.63, 3.8) is 0 Å². The molecule has 8 heteroatoms. The maximum atomic E-state index is 14.7. The summed E-state index contributed by atoms with van der Waals surface area (Å²) in [5, 5.41) is 0. The molecular weight excluding hydrogens is 393 g/mol. The third-order valence-corrected chi connectivity index (χ3v) is 5.90. The molecule has 0 aliphatic heterocycles. The number of nitrogens with one attached hydrogen (secondary N) is 1. The molecule has 29 heavy (non-hydrogen) atoms. The Morgan fingerprint density at radius 3 is 2.45 bits per heavy atom. The molecule has 1 aromatic carbocycles. The standard InChI is InChI=1S/C21H28FN3O3S/c1-7-28-17(26)11-16(25-29(27)21(4,5)6)19-15(22)12-23-20(24-19)18-13(2)9-8-10-14(18)3/h8-10,12,16,25H,7,11H2,1-6H3. The Morgan fingerprint density at radius 1 is 1.28 bits per heavy atom. The van der Waals surface area contributed by atoms with Crippen LogP contribution in [0.4, 0.5) is 4.39 Å². The lowest BCUT2D eigenvalue weighted by Crippen LogP contribution is -2.37. The number of benzene rings is 1. The van der Waals surface area contributed by atoms with E-state index in [1.807, 2.05) is 32.0 Å². The van der Waals surface area contributed by atoms with E-state index in [2.05, 4.69) is 14.7 Å². The molecule has 0 spiro atoms. The highest BCUT2D eigenvalue weighted by atomic mass is 32.2. The number of esters is 1. The molecule has 0 saturated carbocycles. The van der Waals surface area contributed by atoms with Crippen LogP contribution in [0.5, 0.6) is 0 Å². The lowest BCUT2D eigenvalue weighted by atomic mass is 10.0. The number of carbonyl (C=O) groups excluding carboxylic acids is 1. The number of nitrogens with zero attached hydrogens (tertiary/aromatic N) is 2. The quantitative estimate of drug-likeness (QED) is 0.685. The number of halogens is 1. The fraction of sp³-hybridized carbons (Fsp3) is 0.476. The van der Waals surface area contributed by atoms with Gasteiger partial charge in [-0.25, -0.2) is 23.3 Å². The molecule has 0 aliphatic carbocycles. The van der Waals surface area contributed by atoms with Crippen LogP contribution in [0, 0.1) is 19.7 Å². The summed E-state index contributed by atoms with van der Waals surface area (Å²) >= 11 is 0. The van der Waals surface area contributed by atoms with Crippen molar-refractivity contribution in [3.8, 4) is 11.4 Å². The molecule has 1 aromatic heterocycles. The van der Waals surface area contributed by atoms with Crippen LogP contribution in [0.3, 0.4) is 0 Å². The minimum atomic E-state index is -1.54. The van der Waals surface area contributed by atoms with Gasteiger partial charge in [0.25, 0.3) is 0 Å². The van der Waals surface area contributed by atoms with Crippen molar-refractivity contribution in [2.75, 3.05) is 6.61 Å². The SMILES string of the molecule is CCOC(=O)CC(NS(=O)C(C)(C)C)c1nc(-c2c(C)cccc2C)ncc1F. The van der Waals surface area contributed by atoms with Crippen molar-refractivity contribution >= 4 is 17.0 Å². The van der Waals surface area contributed by atoms with E-state index < -0.39 is 33.6 Å². The first-order valence-electron chi connectivity index (χ1n) is 9.47. The van der Waals surface area contributed by atoms with Crippen LogP contribution in [-0.2, 0) is 20.5 Å². The van der Waals surface area contributed by atoms with Gasteiger partial charge in [-0.05, 0) is 52.7 Å². The molecule has 1 N–H and O–H groups in total. The predicted octanol–water partition coefficient (Wildman–Crippen LogP) is 3.95. The molecule has 0 aliphatic rings. The first-order chi connectivity index (χ1) is 13.5. The molecule has 2 rings (SSSR count). The van der Waals surface area contributed by atoms with Crippen molar-refractivity contribution in [2.45, 2.75) is 58.8 Å². The average molecular weight is 422 g/mol. The van der Waals surface area contributed by atoms with E-state index in [-0.39, 0.29) is 18.7 Å². The maximum Gasteiger partial charge on any atom is 0.307 e. The number of rotatable bonds is 7. The number of hydrogen-bond donors (Lipinski definition) is 1. The zero-order valence-corrected chi connectivity index (χ0v) is 18.5. The normalized spacial score (nSPS) is 13.8. The Hall–Kier alpha value is -2.19. The molecule has 0 amide bonds. The van der Waals surface area contributed by atoms with Crippen molar-refractivity contribution in [3.05, 3.63) is 47.0 Å². The van der Waals surface area contributed by atoms with Crippen molar-refractivity contribution in [1.29, 1.82) is 0 Å². The highest BCUT2D eigenvalue weighted by Gasteiger charge is 2.29. The Labute approximate surface area is 173 Å². The largest absolute Gasteiger partial charge is 0.466 e. The maximum absolute atomic E-state index is 14.7. The van der Waals surface area contributed by atoms with Gasteiger partial charge in [0.2, 0.25) is 0 Å². The molecule has 0 fully saturated rings. The van der Waals surface area contributed by atoms with Gasteiger partial charge in [-0.15, -0.1) is 0 Å². The van der Waals surface area contributed by atoms with E-state index in [4.69, 9.17) is 4.74 Å². The number of aromatic nitrogens is 2. The molecule has 158 valence electrons. The van der Waals surface area contributed by atoms with Gasteiger partial charge >= 0.3 is 5.97 Å². The van der Waals surface area contributed by atoms with Gasteiger partial charge in [0, 0.05) is 5.56 Å². The number of ether oxygens (including phenoxy) is 1. The van der Waals surface area contributed by atoms with Crippen molar-refractivity contribution in [1.82, 2.24) is 14.7 Å². The zero-order valence-electron chi connectivity index (χ0n) is 17.7. The van der Waals surface area contributed by atoms with Crippen LogP contribution < -0.4 is 4.72 Å². The summed E-state index contributed by atoms with van der Waals surface area (Å²) in [6.07, 6.45) is 0.888. The van der Waals surface area contributed by atoms with E-state index in [0.29, 0.717) is 5.82 Å². The fourth-order valence-electron chi connectivity index (χ4n) is 2.80. The van der Waals surface area contributed by atoms with Crippen LogP contribution in [0.2, 0.25) is 0 Å². The zero-order chi connectivity index (χ0) is 21.8. The molecule has 0 radical (unpaired) electrons. The minimum absolute atomic E-state index is 0.0108. The van der Waals surface area contributed by atoms with E-state index in [0.717, 1.165) is 22.9 Å². The molecule has 6 nitrogen and oxygen atoms in total. The summed E-state index contributed by atoms with van der Waals surface area (Å²) in [5.41, 5.74) is 2.70. The predicted molar refractivity (Wildman–Crippen MR) is 112 cm³/mol. The molecule has 2 unspecified atom stereocenters. The van der Waals surface area contributed by atoms with E-state index in [1.165, 1.54) is 0 Å². The average Bonchev–Trinajstić information content (AvgIpc) is 2.61. The molecule has 2 atom stereocenters. The lowest BCUT2D eigenvalue weighted by Gasteiger charge is -2.24. The van der Waals surface area contributed by atoms with Gasteiger partial charge < -0.3 is 4.74 Å². The summed E-state index contributed by atoms with van der Waals surface area (Å²) < 4.78 is 34.6. The fourth-order valence-corrected chi connectivity index (χ4v) is 3.61. The second-order valence-electron chi connectivity index (χ2n) is 7.75. The van der Waals surface area contributed by atoms with E-state index in [9.17, 15) is 13.4 Å². The van der Waals surface area contributed by atoms with Gasteiger partial charge in [-0.1, -0.05) is 18.2 Å². The van der Waals surface area contributed by atoms with Gasteiger partial charge in [-0.2, -0.15) is 0 Å². The lowest BCUT2D eigenvalue weighted by molar-refractivity contribution is -0.143. The summed E-state index contributed by atoms with van der Waals surface area (Å²) in [4.78, 5) is 20.7. The van der Waals surface area contributed by atoms with Crippen molar-refractivity contribution in [2.24, 2.45) is 0 Å². The summed E-state index contributed by atoms with van der Waals surface area (Å²) in [6.45, 7) is 11.1. The van der Waals surface area contributed by atoms with Gasteiger partial charge in [0.05, 0.1) is 46.7 Å². The van der Waals surface area contributed by atoms with Gasteiger partial charge in [0.1, 0.15) is 0 Å². The smallest absolute Gasteiger partial charge is 0.307 e. The third kappa shape index (κ3) is 5.90. The minimum Gasteiger partial charge on any atom is -0.466 e. The third-order valence-electron chi connectivity index (χ3n) is 4.29. The second kappa shape index (κ2) is 9.54. The molecule has 0 bridgehead atoms. The summed E-state index contributed by atoms with van der Waals surface area (Å²) in [7, 11) is -1.54. The highest BCUT2D eigenvalue weighted by molar-refractivity contribution is 7.84. The Balaban J connectivity index is 2.51. The van der Waals surface area contributed by atoms with Gasteiger partial charge in [-0.3, -0.25) is 4.79 Å². The first kappa shape index (κ1) is 23.1. The Kier molecular flexibility index (Phi) is 7.60. The molecule has 0 saturated heterocycles. The van der Waals surface area contributed by atoms with Crippen LogP contribution in [0.1, 0.15) is 57.0 Å². The van der Waals surface area contributed by atoms with Crippen molar-refractivity contribution < 1.29 is 18.1 Å². The summed E-state index contributed by atoms with van der Waals surface area (Å²) in [6, 6.07) is 4.87. The van der Waals surface area contributed by atoms with Crippen LogP contribution in [0.25, 0.3) is 11.4 Å². The molecule has 2 aromatic rings. The topological polar surface area (TPSA) is 81.2 Å². The first-order valence-corrected chi connectivity index (χ1v) is 10.6. The van der Waals surface area contributed by atoms with E-state index >= 15 is 0 Å². The van der Waals surface area contributed by atoms with Crippen LogP contribution in [0.15, 0.2) is 24.4 Å². The molecular formula is C21H28FN3O3S. The van der Waals surface area contributed by atoms with E-state index in [1.54, 1.807) is 27.7 Å². The Morgan fingerprint density at radius 2 is 1.90 bits per heavy atom. The number of carbonyl (C=O) groups is 1. The molecule has 1 heterocycles. The number of aryl methyl sites for hydroxylation is 2. The Bertz CT molecular complexity index is 892. The van der Waals surface area contributed by atoms with Crippen LogP contribution >= 0.6 is 0 Å². The van der Waals surface area contributed by atoms with Gasteiger partial charge in [0.15, 0.2) is 11.6 Å². The second-order valence-corrected chi connectivity index (χ2v) is 9.75. The van der Waals surface area contributed by atoms with Crippen LogP contribution in [-0.4, -0.2) is 31.5 Å². The monoisotopic (exact) mass is 421 g/mol. The number of hydrogen-bond acceptors (Lipinski definition) is 5. The summed E-state index contributed by atoms with van der Waals surface area (Å²) in [5.74, 6) is -0.843. The highest BCUT2D eigenvalue weighted by Crippen LogP contribution is 2.27.